The minimum Gasteiger partial charge on any atom is -0.462 e. The van der Waals surface area contributed by atoms with E-state index >= 15 is 0 Å². The van der Waals surface area contributed by atoms with E-state index in [1.807, 2.05) is 0 Å². The lowest BCUT2D eigenvalue weighted by Crippen LogP contribution is -2.30. The van der Waals surface area contributed by atoms with Gasteiger partial charge >= 0.3 is 39.5 Å². The monoisotopic (exact) mass is 1410 g/mol. The first-order valence-corrected chi connectivity index (χ1v) is 43.0. The SMILES string of the molecule is CCCCCCCCCCCCCCCCC(=O)O[C@H](COC(=O)CCCCCCCCCCCCCC)COP(=O)(O)OC[C@H](O)COP(=O)(O)OC[C@@H](COC(=O)CCCCCCCCCCCCCCC(C)C)OC(=O)CCCCCCCCCCCCCCC(C)C. The van der Waals surface area contributed by atoms with Gasteiger partial charge in [0.05, 0.1) is 26.4 Å². The lowest BCUT2D eigenvalue weighted by molar-refractivity contribution is -0.161. The van der Waals surface area contributed by atoms with E-state index in [-0.39, 0.29) is 25.7 Å². The number of ether oxygens (including phenoxy) is 4. The normalized spacial score (nSPS) is 14.0. The van der Waals surface area contributed by atoms with Crippen molar-refractivity contribution in [3.63, 3.8) is 0 Å². The molecule has 0 amide bonds. The number of hydrogen-bond acceptors (Lipinski definition) is 15. The van der Waals surface area contributed by atoms with Crippen molar-refractivity contribution in [2.75, 3.05) is 39.6 Å². The van der Waals surface area contributed by atoms with Crippen molar-refractivity contribution in [1.82, 2.24) is 0 Å². The highest BCUT2D eigenvalue weighted by atomic mass is 31.2. The maximum absolute atomic E-state index is 13.1. The Balaban J connectivity index is 5.27. The molecule has 0 fully saturated rings. The summed E-state index contributed by atoms with van der Waals surface area (Å²) in [6, 6.07) is 0. The summed E-state index contributed by atoms with van der Waals surface area (Å²) >= 11 is 0. The Morgan fingerprint density at radius 1 is 0.281 bits per heavy atom. The number of phosphoric acid groups is 2. The Bertz CT molecular complexity index is 1860. The quantitative estimate of drug-likeness (QED) is 0.0222. The summed E-state index contributed by atoms with van der Waals surface area (Å²) in [6.45, 7) is 9.64. The molecule has 570 valence electrons. The number of hydrogen-bond donors (Lipinski definition) is 3. The maximum Gasteiger partial charge on any atom is 0.472 e. The van der Waals surface area contributed by atoms with Gasteiger partial charge in [0.2, 0.25) is 0 Å². The van der Waals surface area contributed by atoms with Crippen LogP contribution in [0.3, 0.4) is 0 Å². The Hall–Kier alpha value is -1.94. The summed E-state index contributed by atoms with van der Waals surface area (Å²) in [6.07, 6.45) is 56.6. The zero-order chi connectivity index (χ0) is 70.7. The fourth-order valence-corrected chi connectivity index (χ4v) is 13.4. The molecular weight excluding hydrogens is 1260 g/mol. The summed E-state index contributed by atoms with van der Waals surface area (Å²) in [5.74, 6) is -0.552. The minimum absolute atomic E-state index is 0.107. The third kappa shape index (κ3) is 70.5. The van der Waals surface area contributed by atoms with Crippen LogP contribution in [0.4, 0.5) is 0 Å². The molecule has 0 spiro atoms. The smallest absolute Gasteiger partial charge is 0.462 e. The lowest BCUT2D eigenvalue weighted by atomic mass is 10.0. The molecule has 0 aliphatic rings. The molecule has 2 unspecified atom stereocenters. The van der Waals surface area contributed by atoms with Crippen LogP contribution in [0.15, 0.2) is 0 Å². The van der Waals surface area contributed by atoms with E-state index in [0.717, 1.165) is 102 Å². The predicted molar refractivity (Wildman–Crippen MR) is 391 cm³/mol. The molecule has 0 saturated carbocycles. The number of aliphatic hydroxyl groups excluding tert-OH is 1. The lowest BCUT2D eigenvalue weighted by Gasteiger charge is -2.21. The van der Waals surface area contributed by atoms with Crippen LogP contribution in [-0.4, -0.2) is 96.7 Å². The topological polar surface area (TPSA) is 237 Å². The van der Waals surface area contributed by atoms with Crippen molar-refractivity contribution in [2.45, 2.75) is 419 Å². The average Bonchev–Trinajstić information content (AvgIpc) is 1.59. The first-order chi connectivity index (χ1) is 46.4. The second-order valence-electron chi connectivity index (χ2n) is 28.7. The van der Waals surface area contributed by atoms with E-state index in [0.29, 0.717) is 25.7 Å². The molecule has 0 rings (SSSR count). The third-order valence-electron chi connectivity index (χ3n) is 18.0. The highest BCUT2D eigenvalue weighted by Gasteiger charge is 2.30. The van der Waals surface area contributed by atoms with Crippen LogP contribution >= 0.6 is 15.6 Å². The highest BCUT2D eigenvalue weighted by Crippen LogP contribution is 2.45. The summed E-state index contributed by atoms with van der Waals surface area (Å²) in [5.41, 5.74) is 0. The summed E-state index contributed by atoms with van der Waals surface area (Å²) in [5, 5.41) is 10.6. The highest BCUT2D eigenvalue weighted by molar-refractivity contribution is 7.47. The van der Waals surface area contributed by atoms with Gasteiger partial charge in [-0.25, -0.2) is 9.13 Å². The van der Waals surface area contributed by atoms with Gasteiger partial charge in [-0.3, -0.25) is 37.3 Å². The molecule has 19 heteroatoms. The average molecular weight is 1410 g/mol. The van der Waals surface area contributed by atoms with E-state index in [1.165, 1.54) is 218 Å². The predicted octanol–water partition coefficient (Wildman–Crippen LogP) is 22.7. The molecule has 0 radical (unpaired) electrons. The Labute approximate surface area is 588 Å². The van der Waals surface area contributed by atoms with Crippen LogP contribution in [-0.2, 0) is 65.4 Å². The minimum atomic E-state index is -4.96. The molecule has 0 bridgehead atoms. The van der Waals surface area contributed by atoms with Crippen LogP contribution in [0.25, 0.3) is 0 Å². The number of carbonyl (C=O) groups excluding carboxylic acids is 4. The van der Waals surface area contributed by atoms with Gasteiger partial charge in [0, 0.05) is 25.7 Å². The summed E-state index contributed by atoms with van der Waals surface area (Å²) in [7, 11) is -9.91. The number of esters is 4. The first kappa shape index (κ1) is 94.1. The summed E-state index contributed by atoms with van der Waals surface area (Å²) < 4.78 is 68.6. The van der Waals surface area contributed by atoms with Crippen LogP contribution < -0.4 is 0 Å². The van der Waals surface area contributed by atoms with Crippen molar-refractivity contribution in [3.05, 3.63) is 0 Å². The fourth-order valence-electron chi connectivity index (χ4n) is 11.8. The van der Waals surface area contributed by atoms with Gasteiger partial charge in [-0.05, 0) is 37.5 Å². The van der Waals surface area contributed by atoms with Crippen molar-refractivity contribution in [2.24, 2.45) is 11.8 Å². The van der Waals surface area contributed by atoms with Gasteiger partial charge in [-0.15, -0.1) is 0 Å². The van der Waals surface area contributed by atoms with Gasteiger partial charge in [0.25, 0.3) is 0 Å². The van der Waals surface area contributed by atoms with Crippen LogP contribution in [0.1, 0.15) is 401 Å². The molecule has 5 atom stereocenters. The molecule has 0 aromatic rings. The standard InChI is InChI=1S/C77H150O17P2/c1-7-9-11-13-15-17-19-21-22-31-37-43-49-55-61-76(81)93-72(65-87-74(79)59-53-47-41-35-29-20-18-16-14-12-10-8-2)67-91-95(83,84)89-63-71(78)64-90-96(85,86)92-68-73(94-77(82)62-56-50-44-38-32-26-24-28-34-40-46-52-58-70(5)6)66-88-75(80)60-54-48-42-36-30-25-23-27-33-39-45-51-57-69(3)4/h69-73,78H,7-68H2,1-6H3,(H,83,84)(H,85,86)/t71-,72+,73+/m0/s1. The largest absolute Gasteiger partial charge is 0.472 e. The van der Waals surface area contributed by atoms with Crippen LogP contribution in [0, 0.1) is 11.8 Å². The van der Waals surface area contributed by atoms with E-state index in [4.69, 9.17) is 37.0 Å². The number of rotatable bonds is 76. The second kappa shape index (κ2) is 68.8. The number of aliphatic hydroxyl groups is 1. The Kier molecular flexibility index (Phi) is 67.4. The zero-order valence-electron chi connectivity index (χ0n) is 62.7. The molecule has 0 aliphatic carbocycles. The molecule has 0 saturated heterocycles. The van der Waals surface area contributed by atoms with Gasteiger partial charge in [0.15, 0.2) is 12.2 Å². The van der Waals surface area contributed by atoms with E-state index in [9.17, 15) is 43.2 Å². The molecule has 0 aromatic carbocycles. The molecule has 17 nitrogen and oxygen atoms in total. The molecule has 96 heavy (non-hydrogen) atoms. The maximum atomic E-state index is 13.1. The van der Waals surface area contributed by atoms with Gasteiger partial charge in [-0.1, -0.05) is 350 Å². The molecular formula is C77H150O17P2. The van der Waals surface area contributed by atoms with Crippen molar-refractivity contribution in [1.29, 1.82) is 0 Å². The Morgan fingerprint density at radius 3 is 0.708 bits per heavy atom. The molecule has 3 N–H and O–H groups in total. The van der Waals surface area contributed by atoms with Crippen LogP contribution in [0.5, 0.6) is 0 Å². The molecule has 0 aliphatic heterocycles. The van der Waals surface area contributed by atoms with Crippen molar-refractivity contribution in [3.8, 4) is 0 Å². The van der Waals surface area contributed by atoms with E-state index in [1.54, 1.807) is 0 Å². The molecule has 0 heterocycles. The number of unbranched alkanes of at least 4 members (excludes halogenated alkanes) is 46. The van der Waals surface area contributed by atoms with Gasteiger partial charge in [-0.2, -0.15) is 0 Å². The number of carbonyl (C=O) groups is 4. The fraction of sp³-hybridized carbons (Fsp3) is 0.948. The Morgan fingerprint density at radius 2 is 0.479 bits per heavy atom. The van der Waals surface area contributed by atoms with Crippen LogP contribution in [0.2, 0.25) is 0 Å². The van der Waals surface area contributed by atoms with E-state index in [2.05, 4.69) is 41.5 Å². The number of phosphoric ester groups is 2. The summed E-state index contributed by atoms with van der Waals surface area (Å²) in [4.78, 5) is 72.9. The third-order valence-corrected chi connectivity index (χ3v) is 19.9. The van der Waals surface area contributed by atoms with Crippen molar-refractivity contribution < 1.29 is 80.2 Å². The van der Waals surface area contributed by atoms with Crippen molar-refractivity contribution >= 4 is 39.5 Å². The second-order valence-corrected chi connectivity index (χ2v) is 31.6. The first-order valence-electron chi connectivity index (χ1n) is 40.0. The van der Waals surface area contributed by atoms with E-state index < -0.39 is 97.5 Å². The van der Waals surface area contributed by atoms with Gasteiger partial charge in [0.1, 0.15) is 19.3 Å². The zero-order valence-corrected chi connectivity index (χ0v) is 64.5. The molecule has 0 aromatic heterocycles. The van der Waals surface area contributed by atoms with Gasteiger partial charge < -0.3 is 33.8 Å².